The molecule has 6 heteroatoms. The zero-order valence-electron chi connectivity index (χ0n) is 14.5. The van der Waals surface area contributed by atoms with E-state index in [1.807, 2.05) is 37.3 Å². The van der Waals surface area contributed by atoms with Gasteiger partial charge in [-0.15, -0.1) is 0 Å². The number of aryl methyl sites for hydroxylation is 1. The largest absolute Gasteiger partial charge is 0.468 e. The van der Waals surface area contributed by atoms with Crippen LogP contribution < -0.4 is 4.74 Å². The lowest BCUT2D eigenvalue weighted by Gasteiger charge is -2.47. The molecular formula is C20H19N3O3. The van der Waals surface area contributed by atoms with Crippen LogP contribution in [0.5, 0.6) is 5.88 Å². The van der Waals surface area contributed by atoms with Crippen LogP contribution in [0.2, 0.25) is 0 Å². The number of aliphatic hydroxyl groups is 1. The maximum Gasteiger partial charge on any atom is 0.259 e. The van der Waals surface area contributed by atoms with Gasteiger partial charge in [-0.2, -0.15) is 4.98 Å². The first-order chi connectivity index (χ1) is 12.6. The summed E-state index contributed by atoms with van der Waals surface area (Å²) in [7, 11) is 0. The third-order valence-electron chi connectivity index (χ3n) is 5.43. The first-order valence-electron chi connectivity index (χ1n) is 8.90. The predicted molar refractivity (Wildman–Crippen MR) is 94.6 cm³/mol. The average molecular weight is 349 g/mol. The molecule has 1 spiro atoms. The van der Waals surface area contributed by atoms with Crippen molar-refractivity contribution < 1.29 is 14.4 Å². The number of rotatable bonds is 2. The van der Waals surface area contributed by atoms with Crippen LogP contribution in [0.15, 0.2) is 41.1 Å². The van der Waals surface area contributed by atoms with Gasteiger partial charge in [-0.1, -0.05) is 35.0 Å². The summed E-state index contributed by atoms with van der Waals surface area (Å²) in [6.07, 6.45) is 4.60. The highest BCUT2D eigenvalue weighted by Crippen LogP contribution is 2.44. The molecule has 0 saturated heterocycles. The number of pyridine rings is 1. The highest BCUT2D eigenvalue weighted by atomic mass is 16.5. The molecule has 1 N–H and O–H groups in total. The third kappa shape index (κ3) is 2.41. The van der Waals surface area contributed by atoms with E-state index in [9.17, 15) is 5.11 Å². The number of nitrogens with zero attached hydrogens (tertiary/aromatic N) is 3. The Kier molecular flexibility index (Phi) is 3.37. The molecule has 3 heterocycles. The van der Waals surface area contributed by atoms with Gasteiger partial charge in [0.2, 0.25) is 11.7 Å². The normalized spacial score (nSPS) is 20.3. The van der Waals surface area contributed by atoms with Crippen LogP contribution in [0.4, 0.5) is 0 Å². The number of aliphatic hydroxyl groups excluding tert-OH is 1. The number of fused-ring (bicyclic) bond motifs is 1. The zero-order valence-corrected chi connectivity index (χ0v) is 14.5. The first-order valence-corrected chi connectivity index (χ1v) is 8.90. The standard InChI is InChI=1S/C20H19N3O3/c1-12-3-5-13(6-4-12)17-22-19(26-23-17)15-9-14-10-16(24)20(7-2-8-20)25-18(14)21-11-15/h3-6,9,11,16,24H,2,7-8,10H2,1H3/t16-/m0/s1. The molecule has 1 atom stereocenters. The molecule has 1 aliphatic heterocycles. The predicted octanol–water partition coefficient (Wildman–Crippen LogP) is 3.33. The Bertz CT molecular complexity index is 961. The van der Waals surface area contributed by atoms with Gasteiger partial charge in [0.05, 0.1) is 11.7 Å². The van der Waals surface area contributed by atoms with Crippen molar-refractivity contribution >= 4 is 0 Å². The summed E-state index contributed by atoms with van der Waals surface area (Å²) in [5.74, 6) is 1.56. The van der Waals surface area contributed by atoms with E-state index in [0.717, 1.165) is 36.0 Å². The molecular weight excluding hydrogens is 330 g/mol. The van der Waals surface area contributed by atoms with Crippen molar-refractivity contribution in [2.24, 2.45) is 0 Å². The van der Waals surface area contributed by atoms with Crippen molar-refractivity contribution in [1.29, 1.82) is 0 Å². The van der Waals surface area contributed by atoms with E-state index in [2.05, 4.69) is 15.1 Å². The highest BCUT2D eigenvalue weighted by molar-refractivity contribution is 5.60. The van der Waals surface area contributed by atoms with Gasteiger partial charge in [0.1, 0.15) is 5.60 Å². The summed E-state index contributed by atoms with van der Waals surface area (Å²) in [6, 6.07) is 9.89. The Morgan fingerprint density at radius 2 is 1.96 bits per heavy atom. The van der Waals surface area contributed by atoms with Crippen LogP contribution in [0.1, 0.15) is 30.4 Å². The number of aromatic nitrogens is 3. The second-order valence-corrected chi connectivity index (χ2v) is 7.22. The molecule has 0 unspecified atom stereocenters. The quantitative estimate of drug-likeness (QED) is 0.764. The topological polar surface area (TPSA) is 81.3 Å². The molecule has 0 amide bonds. The minimum absolute atomic E-state index is 0.411. The lowest BCUT2D eigenvalue weighted by Crippen LogP contribution is -2.56. The van der Waals surface area contributed by atoms with Gasteiger partial charge in [-0.25, -0.2) is 4.98 Å². The van der Waals surface area contributed by atoms with Crippen LogP contribution in [-0.4, -0.2) is 31.9 Å². The fourth-order valence-electron chi connectivity index (χ4n) is 3.63. The van der Waals surface area contributed by atoms with Gasteiger partial charge in [0.15, 0.2) is 0 Å². The SMILES string of the molecule is Cc1ccc(-c2noc(-c3cnc4c(c3)C[C@H](O)C3(CCC3)O4)n2)cc1. The van der Waals surface area contributed by atoms with Crippen LogP contribution >= 0.6 is 0 Å². The Balaban J connectivity index is 1.45. The van der Waals surface area contributed by atoms with Crippen molar-refractivity contribution in [3.05, 3.63) is 47.7 Å². The summed E-state index contributed by atoms with van der Waals surface area (Å²) in [6.45, 7) is 2.04. The van der Waals surface area contributed by atoms with Crippen LogP contribution in [0, 0.1) is 6.92 Å². The van der Waals surface area contributed by atoms with E-state index < -0.39 is 11.7 Å². The summed E-state index contributed by atoms with van der Waals surface area (Å²) < 4.78 is 11.4. The van der Waals surface area contributed by atoms with Gasteiger partial charge in [0.25, 0.3) is 5.89 Å². The maximum atomic E-state index is 10.5. The molecule has 1 aliphatic carbocycles. The summed E-state index contributed by atoms with van der Waals surface area (Å²) >= 11 is 0. The van der Waals surface area contributed by atoms with Gasteiger partial charge < -0.3 is 14.4 Å². The molecule has 1 aromatic carbocycles. The molecule has 6 nitrogen and oxygen atoms in total. The van der Waals surface area contributed by atoms with Crippen LogP contribution in [0.3, 0.4) is 0 Å². The van der Waals surface area contributed by atoms with E-state index in [1.54, 1.807) is 6.20 Å². The summed E-state index contributed by atoms with van der Waals surface area (Å²) in [4.78, 5) is 8.92. The lowest BCUT2D eigenvalue weighted by molar-refractivity contribution is -0.118. The second-order valence-electron chi connectivity index (χ2n) is 7.22. The number of hydrogen-bond donors (Lipinski definition) is 1. The Morgan fingerprint density at radius 1 is 1.15 bits per heavy atom. The summed E-state index contributed by atoms with van der Waals surface area (Å²) in [5.41, 5.74) is 3.27. The Labute approximate surface area is 150 Å². The monoisotopic (exact) mass is 349 g/mol. The van der Waals surface area contributed by atoms with E-state index in [0.29, 0.717) is 24.0 Å². The van der Waals surface area contributed by atoms with Crippen molar-refractivity contribution in [2.45, 2.75) is 44.3 Å². The fraction of sp³-hybridized carbons (Fsp3) is 0.350. The average Bonchev–Trinajstić information content (AvgIpc) is 3.10. The molecule has 1 saturated carbocycles. The second kappa shape index (κ2) is 5.64. The molecule has 26 heavy (non-hydrogen) atoms. The van der Waals surface area contributed by atoms with Gasteiger partial charge in [-0.05, 0) is 32.3 Å². The minimum atomic E-state index is -0.494. The first kappa shape index (κ1) is 15.5. The molecule has 5 rings (SSSR count). The molecule has 2 aliphatic rings. The van der Waals surface area contributed by atoms with Crippen molar-refractivity contribution in [1.82, 2.24) is 15.1 Å². The molecule has 0 bridgehead atoms. The fourth-order valence-corrected chi connectivity index (χ4v) is 3.63. The minimum Gasteiger partial charge on any atom is -0.468 e. The molecule has 1 fully saturated rings. The Hall–Kier alpha value is -2.73. The highest BCUT2D eigenvalue weighted by Gasteiger charge is 2.49. The smallest absolute Gasteiger partial charge is 0.259 e. The Morgan fingerprint density at radius 3 is 2.69 bits per heavy atom. The van der Waals surface area contributed by atoms with Gasteiger partial charge in [0, 0.05) is 23.7 Å². The van der Waals surface area contributed by atoms with E-state index in [1.165, 1.54) is 5.56 Å². The maximum absolute atomic E-state index is 10.5. The van der Waals surface area contributed by atoms with E-state index in [-0.39, 0.29) is 0 Å². The molecule has 3 aromatic rings. The van der Waals surface area contributed by atoms with Crippen molar-refractivity contribution in [3.63, 3.8) is 0 Å². The number of hydrogen-bond acceptors (Lipinski definition) is 6. The van der Waals surface area contributed by atoms with E-state index >= 15 is 0 Å². The third-order valence-corrected chi connectivity index (χ3v) is 5.43. The van der Waals surface area contributed by atoms with Crippen LogP contribution in [-0.2, 0) is 6.42 Å². The molecule has 2 aromatic heterocycles. The number of ether oxygens (including phenoxy) is 1. The number of benzene rings is 1. The van der Waals surface area contributed by atoms with Crippen LogP contribution in [0.25, 0.3) is 22.8 Å². The van der Waals surface area contributed by atoms with E-state index in [4.69, 9.17) is 9.26 Å². The van der Waals surface area contributed by atoms with Crippen molar-refractivity contribution in [2.75, 3.05) is 0 Å². The van der Waals surface area contributed by atoms with Gasteiger partial charge in [-0.3, -0.25) is 0 Å². The summed E-state index contributed by atoms with van der Waals surface area (Å²) in [5, 5.41) is 14.5. The van der Waals surface area contributed by atoms with Gasteiger partial charge >= 0.3 is 0 Å². The molecule has 132 valence electrons. The lowest BCUT2D eigenvalue weighted by atomic mass is 9.73. The zero-order chi connectivity index (χ0) is 17.7. The van der Waals surface area contributed by atoms with Crippen molar-refractivity contribution in [3.8, 4) is 28.7 Å². The molecule has 0 radical (unpaired) electrons.